The smallest absolute Gasteiger partial charge is 0.374 e. The Morgan fingerprint density at radius 1 is 1.21 bits per heavy atom. The molecule has 4 heterocycles. The molecule has 15 heteroatoms. The number of hydrogen-bond donors (Lipinski definition) is 1. The minimum Gasteiger partial charge on any atom is -0.374 e. The number of carbonyl (C=O) groups excluding carboxylic acids is 1. The van der Waals surface area contributed by atoms with E-state index in [-0.39, 0.29) is 35.4 Å². The van der Waals surface area contributed by atoms with Crippen molar-refractivity contribution >= 4 is 21.7 Å². The molecule has 2 aliphatic rings. The number of amides is 1. The average molecular weight is 610 g/mol. The van der Waals surface area contributed by atoms with Gasteiger partial charge in [0.15, 0.2) is 5.82 Å². The molecule has 1 saturated carbocycles. The van der Waals surface area contributed by atoms with Crippen LogP contribution in [0, 0.1) is 18.3 Å². The Labute approximate surface area is 242 Å². The van der Waals surface area contributed by atoms with Gasteiger partial charge in [0.1, 0.15) is 10.7 Å². The lowest BCUT2D eigenvalue weighted by Gasteiger charge is -2.34. The molecule has 3 aromatic heterocycles. The first-order valence-corrected chi connectivity index (χ1v) is 15.1. The van der Waals surface area contributed by atoms with Gasteiger partial charge in [-0.3, -0.25) is 9.48 Å². The van der Waals surface area contributed by atoms with Gasteiger partial charge in [0, 0.05) is 25.3 Å². The molecule has 42 heavy (non-hydrogen) atoms. The molecule has 0 radical (unpaired) electrons. The minimum atomic E-state index is -4.29. The Morgan fingerprint density at radius 2 is 1.93 bits per heavy atom. The van der Waals surface area contributed by atoms with Crippen LogP contribution in [-0.2, 0) is 28.4 Å². The van der Waals surface area contributed by atoms with Gasteiger partial charge in [0.05, 0.1) is 41.8 Å². The quantitative estimate of drug-likeness (QED) is 0.387. The van der Waals surface area contributed by atoms with Crippen molar-refractivity contribution in [2.45, 2.75) is 70.2 Å². The molecule has 1 aliphatic carbocycles. The number of nitrogens with zero attached hydrogens (tertiary/aromatic N) is 6. The molecule has 1 atom stereocenters. The van der Waals surface area contributed by atoms with Gasteiger partial charge in [-0.05, 0) is 64.2 Å². The van der Waals surface area contributed by atoms with Gasteiger partial charge in [-0.15, -0.1) is 0 Å². The Kier molecular flexibility index (Phi) is 7.41. The molecular formula is C27H34F3N7O4S. The number of aromatic nitrogens is 5. The monoisotopic (exact) mass is 609 g/mol. The summed E-state index contributed by atoms with van der Waals surface area (Å²) in [5.41, 5.74) is -1.26. The molecule has 1 saturated heterocycles. The van der Waals surface area contributed by atoms with Gasteiger partial charge >= 0.3 is 6.18 Å². The molecule has 1 amide bonds. The molecular weight excluding hydrogens is 575 g/mol. The van der Waals surface area contributed by atoms with Crippen molar-refractivity contribution < 1.29 is 31.1 Å². The zero-order chi connectivity index (χ0) is 30.7. The fraction of sp³-hybridized carbons (Fsp3) is 0.556. The van der Waals surface area contributed by atoms with Crippen LogP contribution in [0.4, 0.5) is 19.0 Å². The van der Waals surface area contributed by atoms with E-state index in [1.165, 1.54) is 27.7 Å². The molecule has 0 spiro atoms. The molecule has 11 nitrogen and oxygen atoms in total. The third-order valence-corrected chi connectivity index (χ3v) is 9.54. The van der Waals surface area contributed by atoms with E-state index in [0.717, 1.165) is 6.42 Å². The lowest BCUT2D eigenvalue weighted by atomic mass is 9.97. The number of aryl methyl sites for hydroxylation is 1. The number of sulfonamides is 1. The van der Waals surface area contributed by atoms with Crippen molar-refractivity contribution in [2.24, 2.45) is 18.4 Å². The van der Waals surface area contributed by atoms with Crippen LogP contribution in [0.25, 0.3) is 5.82 Å². The molecule has 2 fully saturated rings. The van der Waals surface area contributed by atoms with E-state index in [4.69, 9.17) is 9.72 Å². The van der Waals surface area contributed by atoms with Crippen LogP contribution >= 0.6 is 0 Å². The fourth-order valence-electron chi connectivity index (χ4n) is 5.46. The molecule has 5 rings (SSSR count). The van der Waals surface area contributed by atoms with Crippen LogP contribution in [0.2, 0.25) is 0 Å². The first-order valence-electron chi connectivity index (χ1n) is 13.6. The number of carbonyl (C=O) groups is 1. The number of nitrogens with one attached hydrogen (secondary N) is 1. The Balaban J connectivity index is 1.41. The van der Waals surface area contributed by atoms with Crippen LogP contribution in [0.1, 0.15) is 61.8 Å². The SMILES string of the molecule is Cc1c(S(=O)(=O)NC(=O)c2ccc(-n3ccc(COCC4(C(F)(F)F)CC4)n3)nc2N2CC(C)CC2(C)C)cnn1C. The Hall–Kier alpha value is -3.46. The summed E-state index contributed by atoms with van der Waals surface area (Å²) in [7, 11) is -2.61. The second-order valence-electron chi connectivity index (χ2n) is 11.9. The van der Waals surface area contributed by atoms with Crippen molar-refractivity contribution in [3.8, 4) is 5.82 Å². The van der Waals surface area contributed by atoms with E-state index in [2.05, 4.69) is 21.8 Å². The normalized spacial score (nSPS) is 19.7. The minimum absolute atomic E-state index is 0.0617. The summed E-state index contributed by atoms with van der Waals surface area (Å²) in [6.07, 6.45) is -0.550. The zero-order valence-electron chi connectivity index (χ0n) is 24.1. The van der Waals surface area contributed by atoms with Gasteiger partial charge in [0.25, 0.3) is 15.9 Å². The standard InChI is InChI=1S/C27H34F3N7O4S/c1-17-12-25(3,4)36(14-17)23-20(24(38)34-42(39,40)21-13-31-35(5)18(21)2)6-7-22(32-23)37-11-8-19(33-37)15-41-16-26(9-10-26)27(28,29)30/h6-8,11,13,17H,9-10,12,14-16H2,1-5H3,(H,34,38). The number of halogens is 3. The van der Waals surface area contributed by atoms with Gasteiger partial charge in [0.2, 0.25) is 0 Å². The zero-order valence-corrected chi connectivity index (χ0v) is 24.9. The van der Waals surface area contributed by atoms with Gasteiger partial charge in [-0.1, -0.05) is 6.92 Å². The third kappa shape index (κ3) is 5.63. The van der Waals surface area contributed by atoms with E-state index in [0.29, 0.717) is 35.5 Å². The summed E-state index contributed by atoms with van der Waals surface area (Å²) in [5.74, 6) is 0.105. The molecule has 0 bridgehead atoms. The highest BCUT2D eigenvalue weighted by Gasteiger charge is 2.63. The van der Waals surface area contributed by atoms with Crippen LogP contribution in [0.5, 0.6) is 0 Å². The van der Waals surface area contributed by atoms with E-state index in [9.17, 15) is 26.4 Å². The van der Waals surface area contributed by atoms with Gasteiger partial charge < -0.3 is 9.64 Å². The Morgan fingerprint density at radius 3 is 2.50 bits per heavy atom. The second-order valence-corrected chi connectivity index (χ2v) is 13.6. The predicted molar refractivity (Wildman–Crippen MR) is 147 cm³/mol. The van der Waals surface area contributed by atoms with Crippen molar-refractivity contribution in [1.29, 1.82) is 0 Å². The summed E-state index contributed by atoms with van der Waals surface area (Å²) in [5, 5.41) is 8.37. The molecule has 0 aromatic carbocycles. The predicted octanol–water partition coefficient (Wildman–Crippen LogP) is 3.91. The van der Waals surface area contributed by atoms with Crippen LogP contribution in [0.3, 0.4) is 0 Å². The second kappa shape index (κ2) is 10.4. The Bertz CT molecular complexity index is 1610. The molecule has 228 valence electrons. The average Bonchev–Trinajstić information content (AvgIpc) is 3.27. The maximum absolute atomic E-state index is 13.4. The van der Waals surface area contributed by atoms with Crippen LogP contribution < -0.4 is 9.62 Å². The van der Waals surface area contributed by atoms with Crippen LogP contribution in [-0.4, -0.2) is 63.7 Å². The topological polar surface area (TPSA) is 124 Å². The van der Waals surface area contributed by atoms with Gasteiger partial charge in [-0.25, -0.2) is 22.8 Å². The summed E-state index contributed by atoms with van der Waals surface area (Å²) in [4.78, 5) is 20.1. The van der Waals surface area contributed by atoms with Crippen LogP contribution in [0.15, 0.2) is 35.5 Å². The highest BCUT2D eigenvalue weighted by molar-refractivity contribution is 7.90. The lowest BCUT2D eigenvalue weighted by Crippen LogP contribution is -2.41. The first-order chi connectivity index (χ1) is 19.5. The molecule has 3 aromatic rings. The van der Waals surface area contributed by atoms with Crippen molar-refractivity contribution in [2.75, 3.05) is 18.1 Å². The number of anilines is 1. The summed E-state index contributed by atoms with van der Waals surface area (Å²) in [6, 6.07) is 4.66. The number of hydrogen-bond acceptors (Lipinski definition) is 8. The van der Waals surface area contributed by atoms with E-state index in [1.54, 1.807) is 26.2 Å². The first kappa shape index (κ1) is 30.0. The summed E-state index contributed by atoms with van der Waals surface area (Å²) < 4.78 is 76.1. The largest absolute Gasteiger partial charge is 0.396 e. The van der Waals surface area contributed by atoms with Crippen molar-refractivity contribution in [3.05, 3.63) is 47.5 Å². The molecule has 1 aliphatic heterocycles. The summed E-state index contributed by atoms with van der Waals surface area (Å²) in [6.45, 7) is 7.81. The third-order valence-electron chi connectivity index (χ3n) is 8.10. The van der Waals surface area contributed by atoms with E-state index in [1.807, 2.05) is 18.7 Å². The number of alkyl halides is 3. The maximum Gasteiger partial charge on any atom is 0.396 e. The summed E-state index contributed by atoms with van der Waals surface area (Å²) >= 11 is 0. The highest BCUT2D eigenvalue weighted by atomic mass is 32.2. The van der Waals surface area contributed by atoms with E-state index >= 15 is 0 Å². The fourth-order valence-corrected chi connectivity index (χ4v) is 6.63. The number of rotatable bonds is 9. The van der Waals surface area contributed by atoms with Crippen molar-refractivity contribution in [1.82, 2.24) is 29.3 Å². The van der Waals surface area contributed by atoms with E-state index < -0.39 is 34.1 Å². The highest BCUT2D eigenvalue weighted by Crippen LogP contribution is 2.57. The number of pyridine rings is 1. The number of ether oxygens (including phenoxy) is 1. The maximum atomic E-state index is 13.4. The lowest BCUT2D eigenvalue weighted by molar-refractivity contribution is -0.202. The molecule has 1 N–H and O–H groups in total. The van der Waals surface area contributed by atoms with Crippen molar-refractivity contribution in [3.63, 3.8) is 0 Å². The molecule has 1 unspecified atom stereocenters. The van der Waals surface area contributed by atoms with Gasteiger partial charge in [-0.2, -0.15) is 23.4 Å².